The fourth-order valence-corrected chi connectivity index (χ4v) is 4.43. The first-order chi connectivity index (χ1) is 17.7. The zero-order valence-electron chi connectivity index (χ0n) is 21.1. The molecule has 0 heterocycles. The maximum Gasteiger partial charge on any atom is 0.343 e. The van der Waals surface area contributed by atoms with Crippen LogP contribution >= 0.6 is 22.6 Å². The Morgan fingerprint density at radius 3 is 2.16 bits per heavy atom. The van der Waals surface area contributed by atoms with E-state index in [9.17, 15) is 9.59 Å². The molecule has 0 radical (unpaired) electrons. The zero-order chi connectivity index (χ0) is 26.9. The molecule has 0 aliphatic heterocycles. The van der Waals surface area contributed by atoms with Gasteiger partial charge in [-0.3, -0.25) is 4.79 Å². The predicted octanol–water partition coefficient (Wildman–Crippen LogP) is 4.68. The quantitative estimate of drug-likeness (QED) is 0.116. The van der Waals surface area contributed by atoms with Crippen molar-refractivity contribution in [2.75, 3.05) is 27.9 Å². The summed E-state index contributed by atoms with van der Waals surface area (Å²) < 4.78 is 28.1. The number of amides is 1. The Kier molecular flexibility index (Phi) is 9.72. The largest absolute Gasteiger partial charge is 0.493 e. The van der Waals surface area contributed by atoms with Gasteiger partial charge in [0.2, 0.25) is 5.75 Å². The van der Waals surface area contributed by atoms with Crippen molar-refractivity contribution in [1.82, 2.24) is 5.43 Å². The number of carbonyl (C=O) groups is 2. The Morgan fingerprint density at radius 2 is 1.57 bits per heavy atom. The molecule has 1 amide bonds. The molecule has 0 aliphatic carbocycles. The molecule has 0 saturated heterocycles. The van der Waals surface area contributed by atoms with Crippen molar-refractivity contribution in [1.29, 1.82) is 0 Å². The summed E-state index contributed by atoms with van der Waals surface area (Å²) >= 11 is 2.24. The average molecular weight is 618 g/mol. The van der Waals surface area contributed by atoms with Gasteiger partial charge in [0.25, 0.3) is 5.91 Å². The van der Waals surface area contributed by atoms with Crippen molar-refractivity contribution in [3.8, 4) is 28.7 Å². The van der Waals surface area contributed by atoms with Crippen LogP contribution in [0.15, 0.2) is 53.6 Å². The molecule has 0 bridgehead atoms. The average Bonchev–Trinajstić information content (AvgIpc) is 2.87. The standard InChI is InChI=1S/C27H27IN2O7/c1-16-9-20(28)10-17(2)25(16)36-15-24(31)30-29-14-18-7-6-8-21(11-18)37-27(32)19-12-22(33-3)26(35-5)23(13-19)34-4/h6-14H,15H2,1-5H3,(H,30,31). The fourth-order valence-electron chi connectivity index (χ4n) is 3.50. The minimum absolute atomic E-state index is 0.175. The van der Waals surface area contributed by atoms with Crippen molar-refractivity contribution in [2.45, 2.75) is 13.8 Å². The number of carbonyl (C=O) groups excluding carboxylic acids is 2. The highest BCUT2D eigenvalue weighted by atomic mass is 127. The number of hydrogen-bond acceptors (Lipinski definition) is 8. The van der Waals surface area contributed by atoms with Gasteiger partial charge in [-0.15, -0.1) is 0 Å². The molecule has 0 unspecified atom stereocenters. The summed E-state index contributed by atoms with van der Waals surface area (Å²) in [6.45, 7) is 3.69. The first-order valence-electron chi connectivity index (χ1n) is 11.1. The van der Waals surface area contributed by atoms with Crippen LogP contribution in [-0.2, 0) is 4.79 Å². The third kappa shape index (κ3) is 7.35. The van der Waals surface area contributed by atoms with Crippen LogP contribution in [0.2, 0.25) is 0 Å². The van der Waals surface area contributed by atoms with E-state index < -0.39 is 11.9 Å². The number of hydrazone groups is 1. The van der Waals surface area contributed by atoms with Crippen LogP contribution in [-0.4, -0.2) is 46.0 Å². The summed E-state index contributed by atoms with van der Waals surface area (Å²) in [5, 5.41) is 3.96. The SMILES string of the molecule is COc1cc(C(=O)Oc2cccc(C=NNC(=O)COc3c(C)cc(I)cc3C)c2)cc(OC)c1OC. The Balaban J connectivity index is 1.61. The smallest absolute Gasteiger partial charge is 0.343 e. The number of ether oxygens (including phenoxy) is 5. The lowest BCUT2D eigenvalue weighted by atomic mass is 10.1. The topological polar surface area (TPSA) is 105 Å². The lowest BCUT2D eigenvalue weighted by Crippen LogP contribution is -2.25. The van der Waals surface area contributed by atoms with E-state index in [1.54, 1.807) is 24.3 Å². The molecule has 0 fully saturated rings. The van der Waals surface area contributed by atoms with E-state index in [0.717, 1.165) is 14.7 Å². The monoisotopic (exact) mass is 618 g/mol. The number of nitrogens with zero attached hydrogens (tertiary/aromatic N) is 1. The Morgan fingerprint density at radius 1 is 0.919 bits per heavy atom. The maximum absolute atomic E-state index is 12.7. The highest BCUT2D eigenvalue weighted by Gasteiger charge is 2.18. The van der Waals surface area contributed by atoms with Gasteiger partial charge < -0.3 is 23.7 Å². The van der Waals surface area contributed by atoms with Gasteiger partial charge in [0.1, 0.15) is 11.5 Å². The molecule has 0 aliphatic rings. The Hall–Kier alpha value is -3.80. The molecule has 3 aromatic rings. The fraction of sp³-hybridized carbons (Fsp3) is 0.222. The third-order valence-electron chi connectivity index (χ3n) is 5.14. The summed E-state index contributed by atoms with van der Waals surface area (Å²) in [4.78, 5) is 24.9. The van der Waals surface area contributed by atoms with Crippen LogP contribution in [0.5, 0.6) is 28.7 Å². The molecule has 3 rings (SSSR count). The number of hydrogen-bond donors (Lipinski definition) is 1. The first-order valence-corrected chi connectivity index (χ1v) is 12.2. The normalized spacial score (nSPS) is 10.6. The van der Waals surface area contributed by atoms with Crippen molar-refractivity contribution in [3.63, 3.8) is 0 Å². The lowest BCUT2D eigenvalue weighted by molar-refractivity contribution is -0.123. The number of halogens is 1. The summed E-state index contributed by atoms with van der Waals surface area (Å²) in [5.41, 5.74) is 5.18. The van der Waals surface area contributed by atoms with E-state index in [2.05, 4.69) is 33.1 Å². The second-order valence-electron chi connectivity index (χ2n) is 7.83. The molecule has 0 spiro atoms. The second-order valence-corrected chi connectivity index (χ2v) is 9.07. The molecule has 10 heteroatoms. The summed E-state index contributed by atoms with van der Waals surface area (Å²) in [7, 11) is 4.40. The van der Waals surface area contributed by atoms with Crippen molar-refractivity contribution in [2.24, 2.45) is 5.10 Å². The van der Waals surface area contributed by atoms with Crippen LogP contribution < -0.4 is 29.1 Å². The number of benzene rings is 3. The molecule has 37 heavy (non-hydrogen) atoms. The Labute approximate surface area is 228 Å². The molecular formula is C27H27IN2O7. The number of esters is 1. The van der Waals surface area contributed by atoms with Crippen LogP contribution in [0.4, 0.5) is 0 Å². The van der Waals surface area contributed by atoms with E-state index in [4.69, 9.17) is 23.7 Å². The van der Waals surface area contributed by atoms with Crippen LogP contribution in [0, 0.1) is 17.4 Å². The molecule has 194 valence electrons. The maximum atomic E-state index is 12.7. The van der Waals surface area contributed by atoms with Gasteiger partial charge >= 0.3 is 5.97 Å². The van der Waals surface area contributed by atoms with E-state index >= 15 is 0 Å². The molecule has 0 aromatic heterocycles. The van der Waals surface area contributed by atoms with Crippen LogP contribution in [0.25, 0.3) is 0 Å². The van der Waals surface area contributed by atoms with Crippen molar-refractivity contribution in [3.05, 3.63) is 74.4 Å². The van der Waals surface area contributed by atoms with E-state index in [0.29, 0.717) is 34.3 Å². The predicted molar refractivity (Wildman–Crippen MR) is 147 cm³/mol. The minimum Gasteiger partial charge on any atom is -0.493 e. The van der Waals surface area contributed by atoms with Gasteiger partial charge in [0.05, 0.1) is 33.1 Å². The summed E-state index contributed by atoms with van der Waals surface area (Å²) in [6.07, 6.45) is 1.44. The molecule has 1 N–H and O–H groups in total. The summed E-state index contributed by atoms with van der Waals surface area (Å²) in [5.74, 6) is 1.00. The van der Waals surface area contributed by atoms with Crippen LogP contribution in [0.1, 0.15) is 27.0 Å². The van der Waals surface area contributed by atoms with E-state index in [-0.39, 0.29) is 12.2 Å². The molecule has 0 atom stereocenters. The highest BCUT2D eigenvalue weighted by molar-refractivity contribution is 14.1. The van der Waals surface area contributed by atoms with Gasteiger partial charge in [-0.25, -0.2) is 10.2 Å². The van der Waals surface area contributed by atoms with Gasteiger partial charge in [-0.05, 0) is 89.5 Å². The third-order valence-corrected chi connectivity index (χ3v) is 5.77. The highest BCUT2D eigenvalue weighted by Crippen LogP contribution is 2.38. The first kappa shape index (κ1) is 27.8. The van der Waals surface area contributed by atoms with Gasteiger partial charge in [0.15, 0.2) is 18.1 Å². The van der Waals surface area contributed by atoms with Gasteiger partial charge in [-0.1, -0.05) is 12.1 Å². The Bertz CT molecular complexity index is 1280. The van der Waals surface area contributed by atoms with E-state index in [1.165, 1.54) is 39.7 Å². The second kappa shape index (κ2) is 12.9. The molecular weight excluding hydrogens is 591 g/mol. The number of rotatable bonds is 10. The van der Waals surface area contributed by atoms with E-state index in [1.807, 2.05) is 26.0 Å². The molecule has 0 saturated carbocycles. The number of methoxy groups -OCH3 is 3. The zero-order valence-corrected chi connectivity index (χ0v) is 23.2. The summed E-state index contributed by atoms with van der Waals surface area (Å²) in [6, 6.07) is 13.7. The lowest BCUT2D eigenvalue weighted by Gasteiger charge is -2.13. The van der Waals surface area contributed by atoms with Gasteiger partial charge in [-0.2, -0.15) is 5.10 Å². The van der Waals surface area contributed by atoms with Gasteiger partial charge in [0, 0.05) is 3.57 Å². The number of nitrogens with one attached hydrogen (secondary N) is 1. The number of aryl methyl sites for hydroxylation is 2. The van der Waals surface area contributed by atoms with Crippen molar-refractivity contribution >= 4 is 40.7 Å². The molecule has 9 nitrogen and oxygen atoms in total. The van der Waals surface area contributed by atoms with Crippen LogP contribution in [0.3, 0.4) is 0 Å². The molecule has 3 aromatic carbocycles. The van der Waals surface area contributed by atoms with Crippen molar-refractivity contribution < 1.29 is 33.3 Å². The minimum atomic E-state index is -0.611.